The first-order valence-corrected chi connectivity index (χ1v) is 11.4. The van der Waals surface area contributed by atoms with E-state index in [0.29, 0.717) is 32.4 Å². The molecule has 0 aliphatic rings. The summed E-state index contributed by atoms with van der Waals surface area (Å²) in [5.74, 6) is -2.62. The second-order valence-corrected chi connectivity index (χ2v) is 8.28. The van der Waals surface area contributed by atoms with E-state index in [4.69, 9.17) is 33.8 Å². The second-order valence-electron chi connectivity index (χ2n) is 8.28. The van der Waals surface area contributed by atoms with Crippen molar-refractivity contribution in [3.05, 3.63) is 0 Å². The maximum Gasteiger partial charge on any atom is 0.243 e. The average molecular weight is 500 g/mol. The largest absolute Gasteiger partial charge is 0.370 e. The number of nitrogens with one attached hydrogen (secondary N) is 7. The predicted molar refractivity (Wildman–Crippen MR) is 132 cm³/mol. The summed E-state index contributed by atoms with van der Waals surface area (Å²) in [7, 11) is 0. The van der Waals surface area contributed by atoms with Crippen LogP contribution in [0.5, 0.6) is 0 Å². The van der Waals surface area contributed by atoms with E-state index in [0.717, 1.165) is 0 Å². The molecule has 4 atom stereocenters. The molecule has 0 fully saturated rings. The SMILES string of the molecule is C[C@H](CCCNC(=N)N)NC(=O)[C@H](C)NC(=O)[C@H](CCC(N)=O)NC(=O)[C@@H](N)CCCNC(=N)N. The van der Waals surface area contributed by atoms with Crippen LogP contribution in [0.4, 0.5) is 0 Å². The van der Waals surface area contributed by atoms with E-state index in [1.165, 1.54) is 6.92 Å². The summed E-state index contributed by atoms with van der Waals surface area (Å²) in [6.07, 6.45) is 1.83. The van der Waals surface area contributed by atoms with Gasteiger partial charge in [-0.3, -0.25) is 30.0 Å². The van der Waals surface area contributed by atoms with Gasteiger partial charge in [0.15, 0.2) is 11.9 Å². The van der Waals surface area contributed by atoms with E-state index in [9.17, 15) is 19.2 Å². The normalized spacial score (nSPS) is 13.9. The molecule has 0 aromatic rings. The van der Waals surface area contributed by atoms with Crippen molar-refractivity contribution in [2.75, 3.05) is 13.1 Å². The molecule has 0 radical (unpaired) electrons. The number of rotatable bonds is 17. The first-order chi connectivity index (χ1) is 16.3. The summed E-state index contributed by atoms with van der Waals surface area (Å²) >= 11 is 0. The fourth-order valence-electron chi connectivity index (χ4n) is 2.96. The molecule has 0 heterocycles. The van der Waals surface area contributed by atoms with Crippen LogP contribution in [0.15, 0.2) is 0 Å². The molecule has 200 valence electrons. The van der Waals surface area contributed by atoms with E-state index in [1.807, 2.05) is 6.92 Å². The van der Waals surface area contributed by atoms with Crippen LogP contribution in [-0.2, 0) is 19.2 Å². The topological polar surface area (TPSA) is 280 Å². The number of carbonyl (C=O) groups excluding carboxylic acids is 4. The standard InChI is InChI=1S/C20H41N11O4/c1-11(5-3-9-27-19(23)24)29-16(33)12(2)30-18(35)14(7-8-15(22)32)31-17(34)13(21)6-4-10-28-20(25)26/h11-14H,3-10,21H2,1-2H3,(H2,22,32)(H,29,33)(H,30,35)(H,31,34)(H4,23,24,27)(H4,25,26,28)/t11-,12+,13+,14+/m1/s1. The van der Waals surface area contributed by atoms with Crippen molar-refractivity contribution in [2.45, 2.75) is 76.5 Å². The monoisotopic (exact) mass is 499 g/mol. The fourth-order valence-corrected chi connectivity index (χ4v) is 2.96. The Hall–Kier alpha value is -3.62. The number of hydrogen-bond acceptors (Lipinski definition) is 7. The molecule has 0 unspecified atom stereocenters. The fraction of sp³-hybridized carbons (Fsp3) is 0.700. The van der Waals surface area contributed by atoms with Gasteiger partial charge in [0.25, 0.3) is 0 Å². The molecule has 4 amide bonds. The van der Waals surface area contributed by atoms with Crippen LogP contribution >= 0.6 is 0 Å². The van der Waals surface area contributed by atoms with Crippen LogP contribution in [0, 0.1) is 10.8 Å². The van der Waals surface area contributed by atoms with Crippen LogP contribution in [0.3, 0.4) is 0 Å². The molecule has 15 heteroatoms. The first-order valence-electron chi connectivity index (χ1n) is 11.4. The molecule has 0 spiro atoms. The lowest BCUT2D eigenvalue weighted by atomic mass is 10.1. The molecule has 0 bridgehead atoms. The molecule has 0 aliphatic carbocycles. The second kappa shape index (κ2) is 16.9. The third-order valence-electron chi connectivity index (χ3n) is 4.93. The summed E-state index contributed by atoms with van der Waals surface area (Å²) < 4.78 is 0. The Morgan fingerprint density at radius 2 is 1.29 bits per heavy atom. The Morgan fingerprint density at radius 3 is 1.80 bits per heavy atom. The van der Waals surface area contributed by atoms with Gasteiger partial charge in [-0.25, -0.2) is 0 Å². The quantitative estimate of drug-likeness (QED) is 0.0539. The Bertz CT molecular complexity index is 747. The minimum atomic E-state index is -1.11. The van der Waals surface area contributed by atoms with Crippen LogP contribution in [0.2, 0.25) is 0 Å². The van der Waals surface area contributed by atoms with E-state index in [-0.39, 0.29) is 37.2 Å². The van der Waals surface area contributed by atoms with Gasteiger partial charge < -0.3 is 49.5 Å². The Labute approximate surface area is 205 Å². The molecular formula is C20H41N11O4. The third-order valence-corrected chi connectivity index (χ3v) is 4.93. The number of primary amides is 1. The van der Waals surface area contributed by atoms with Gasteiger partial charge in [0.2, 0.25) is 23.6 Å². The lowest BCUT2D eigenvalue weighted by Gasteiger charge is -2.23. The molecular weight excluding hydrogens is 458 g/mol. The van der Waals surface area contributed by atoms with Crippen molar-refractivity contribution >= 4 is 35.5 Å². The number of guanidine groups is 2. The Morgan fingerprint density at radius 1 is 0.743 bits per heavy atom. The summed E-state index contributed by atoms with van der Waals surface area (Å²) in [5, 5.41) is 27.3. The molecule has 15 nitrogen and oxygen atoms in total. The minimum Gasteiger partial charge on any atom is -0.370 e. The summed E-state index contributed by atoms with van der Waals surface area (Å²) in [4.78, 5) is 48.8. The predicted octanol–water partition coefficient (Wildman–Crippen LogP) is -3.40. The molecule has 15 N–H and O–H groups in total. The highest BCUT2D eigenvalue weighted by Crippen LogP contribution is 2.02. The summed E-state index contributed by atoms with van der Waals surface area (Å²) in [5.41, 5.74) is 21.5. The van der Waals surface area contributed by atoms with Crippen LogP contribution in [0.25, 0.3) is 0 Å². The highest BCUT2D eigenvalue weighted by atomic mass is 16.2. The van der Waals surface area contributed by atoms with Gasteiger partial charge in [-0.15, -0.1) is 0 Å². The third kappa shape index (κ3) is 15.8. The van der Waals surface area contributed by atoms with E-state index < -0.39 is 41.8 Å². The highest BCUT2D eigenvalue weighted by molar-refractivity contribution is 5.93. The zero-order valence-corrected chi connectivity index (χ0v) is 20.4. The van der Waals surface area contributed by atoms with Crippen molar-refractivity contribution in [3.8, 4) is 0 Å². The van der Waals surface area contributed by atoms with Gasteiger partial charge in [-0.2, -0.15) is 0 Å². The zero-order chi connectivity index (χ0) is 27.0. The van der Waals surface area contributed by atoms with Gasteiger partial charge in [0, 0.05) is 25.6 Å². The lowest BCUT2D eigenvalue weighted by molar-refractivity contribution is -0.132. The molecule has 0 aliphatic heterocycles. The highest BCUT2D eigenvalue weighted by Gasteiger charge is 2.27. The summed E-state index contributed by atoms with van der Waals surface area (Å²) in [6, 6.07) is -3.12. The van der Waals surface area contributed by atoms with Crippen molar-refractivity contribution in [1.29, 1.82) is 10.8 Å². The summed E-state index contributed by atoms with van der Waals surface area (Å²) in [6.45, 7) is 4.17. The van der Waals surface area contributed by atoms with Gasteiger partial charge in [0.1, 0.15) is 12.1 Å². The van der Waals surface area contributed by atoms with Crippen LogP contribution < -0.4 is 49.5 Å². The van der Waals surface area contributed by atoms with Crippen LogP contribution in [0.1, 0.15) is 52.4 Å². The van der Waals surface area contributed by atoms with Gasteiger partial charge >= 0.3 is 0 Å². The van der Waals surface area contributed by atoms with Crippen molar-refractivity contribution in [3.63, 3.8) is 0 Å². The molecule has 0 aromatic carbocycles. The molecule has 0 saturated carbocycles. The van der Waals surface area contributed by atoms with Gasteiger partial charge in [0.05, 0.1) is 6.04 Å². The van der Waals surface area contributed by atoms with Gasteiger partial charge in [-0.05, 0) is 46.0 Å². The van der Waals surface area contributed by atoms with E-state index >= 15 is 0 Å². The first kappa shape index (κ1) is 31.4. The van der Waals surface area contributed by atoms with Crippen molar-refractivity contribution in [2.24, 2.45) is 22.9 Å². The molecule has 35 heavy (non-hydrogen) atoms. The number of hydrogen-bond donors (Lipinski definition) is 11. The Kier molecular flexibility index (Phi) is 15.2. The number of amides is 4. The maximum absolute atomic E-state index is 12.7. The number of carbonyl (C=O) groups is 4. The van der Waals surface area contributed by atoms with Crippen molar-refractivity contribution in [1.82, 2.24) is 26.6 Å². The van der Waals surface area contributed by atoms with Gasteiger partial charge in [-0.1, -0.05) is 0 Å². The smallest absolute Gasteiger partial charge is 0.243 e. The Balaban J connectivity index is 4.79. The molecule has 0 aromatic heterocycles. The average Bonchev–Trinajstić information content (AvgIpc) is 2.76. The van der Waals surface area contributed by atoms with Crippen LogP contribution in [-0.4, -0.2) is 72.8 Å². The molecule has 0 rings (SSSR count). The minimum absolute atomic E-state index is 0.0561. The molecule has 0 saturated heterocycles. The number of nitrogens with two attached hydrogens (primary N) is 4. The van der Waals surface area contributed by atoms with E-state index in [2.05, 4.69) is 26.6 Å². The van der Waals surface area contributed by atoms with E-state index in [1.54, 1.807) is 0 Å². The maximum atomic E-state index is 12.7. The zero-order valence-electron chi connectivity index (χ0n) is 20.4. The lowest BCUT2D eigenvalue weighted by Crippen LogP contribution is -2.55. The van der Waals surface area contributed by atoms with Crippen molar-refractivity contribution < 1.29 is 19.2 Å².